The van der Waals surface area contributed by atoms with E-state index in [2.05, 4.69) is 11.9 Å². The highest BCUT2D eigenvalue weighted by molar-refractivity contribution is 7.11. The van der Waals surface area contributed by atoms with Gasteiger partial charge in [0, 0.05) is 29.6 Å². The fourth-order valence-electron chi connectivity index (χ4n) is 1.81. The van der Waals surface area contributed by atoms with Crippen LogP contribution in [0, 0.1) is 0 Å². The Morgan fingerprint density at radius 2 is 2.57 bits per heavy atom. The summed E-state index contributed by atoms with van der Waals surface area (Å²) < 4.78 is 5.53. The normalized spacial score (nSPS) is 27.9. The van der Waals surface area contributed by atoms with Gasteiger partial charge in [-0.1, -0.05) is 6.92 Å². The van der Waals surface area contributed by atoms with E-state index in [9.17, 15) is 0 Å². The molecule has 14 heavy (non-hydrogen) atoms. The van der Waals surface area contributed by atoms with Gasteiger partial charge in [0.05, 0.1) is 6.61 Å². The number of nitrogens with zero attached hydrogens (tertiary/aromatic N) is 1. The summed E-state index contributed by atoms with van der Waals surface area (Å²) in [6.45, 7) is 4.51. The SMILES string of the molecule is CC1(c2cnc(CN)s2)CCCOC1. The van der Waals surface area contributed by atoms with Crippen LogP contribution in [0.1, 0.15) is 29.7 Å². The lowest BCUT2D eigenvalue weighted by atomic mass is 9.84. The van der Waals surface area contributed by atoms with E-state index in [-0.39, 0.29) is 5.41 Å². The predicted octanol–water partition coefficient (Wildman–Crippen LogP) is 1.67. The van der Waals surface area contributed by atoms with Crippen molar-refractivity contribution in [2.24, 2.45) is 5.73 Å². The Morgan fingerprint density at radius 1 is 1.71 bits per heavy atom. The molecule has 3 nitrogen and oxygen atoms in total. The Hall–Kier alpha value is -0.450. The summed E-state index contributed by atoms with van der Waals surface area (Å²) in [6, 6.07) is 0. The van der Waals surface area contributed by atoms with Crippen LogP contribution in [0.3, 0.4) is 0 Å². The van der Waals surface area contributed by atoms with Crippen molar-refractivity contribution in [3.05, 3.63) is 16.1 Å². The second-order valence-electron chi connectivity index (χ2n) is 4.04. The summed E-state index contributed by atoms with van der Waals surface area (Å²) in [4.78, 5) is 5.61. The lowest BCUT2D eigenvalue weighted by Crippen LogP contribution is -2.32. The highest BCUT2D eigenvalue weighted by Gasteiger charge is 2.31. The fourth-order valence-corrected chi connectivity index (χ4v) is 2.77. The lowest BCUT2D eigenvalue weighted by molar-refractivity contribution is 0.0433. The van der Waals surface area contributed by atoms with E-state index in [1.165, 1.54) is 11.3 Å². The van der Waals surface area contributed by atoms with Crippen LogP contribution >= 0.6 is 11.3 Å². The van der Waals surface area contributed by atoms with Crippen LogP contribution in [0.4, 0.5) is 0 Å². The van der Waals surface area contributed by atoms with Crippen LogP contribution in [-0.2, 0) is 16.7 Å². The minimum absolute atomic E-state index is 0.170. The van der Waals surface area contributed by atoms with Gasteiger partial charge in [-0.05, 0) is 12.8 Å². The third-order valence-corrected chi connectivity index (χ3v) is 4.09. The van der Waals surface area contributed by atoms with Crippen molar-refractivity contribution >= 4 is 11.3 Å². The molecule has 1 atom stereocenters. The summed E-state index contributed by atoms with van der Waals surface area (Å²) in [6.07, 6.45) is 4.30. The average molecular weight is 212 g/mol. The van der Waals surface area contributed by atoms with Crippen LogP contribution < -0.4 is 5.73 Å². The van der Waals surface area contributed by atoms with E-state index in [0.29, 0.717) is 6.54 Å². The molecule has 2 rings (SSSR count). The van der Waals surface area contributed by atoms with Crippen LogP contribution in [0.25, 0.3) is 0 Å². The smallest absolute Gasteiger partial charge is 0.106 e. The molecule has 0 saturated carbocycles. The molecule has 0 bridgehead atoms. The zero-order chi connectivity index (χ0) is 10.0. The zero-order valence-corrected chi connectivity index (χ0v) is 9.27. The highest BCUT2D eigenvalue weighted by atomic mass is 32.1. The summed E-state index contributed by atoms with van der Waals surface area (Å²) in [5, 5.41) is 1.02. The van der Waals surface area contributed by atoms with E-state index in [1.807, 2.05) is 6.20 Å². The molecule has 1 fully saturated rings. The van der Waals surface area contributed by atoms with Crippen molar-refractivity contribution in [3.63, 3.8) is 0 Å². The van der Waals surface area contributed by atoms with Gasteiger partial charge in [0.2, 0.25) is 0 Å². The molecule has 0 spiro atoms. The lowest BCUT2D eigenvalue weighted by Gasteiger charge is -2.31. The molecule has 2 N–H and O–H groups in total. The first-order valence-corrected chi connectivity index (χ1v) is 5.79. The van der Waals surface area contributed by atoms with E-state index < -0.39 is 0 Å². The van der Waals surface area contributed by atoms with E-state index in [4.69, 9.17) is 10.5 Å². The maximum absolute atomic E-state index is 5.55. The third-order valence-electron chi connectivity index (χ3n) is 2.76. The highest BCUT2D eigenvalue weighted by Crippen LogP contribution is 2.35. The minimum Gasteiger partial charge on any atom is -0.381 e. The number of ether oxygens (including phenoxy) is 1. The van der Waals surface area contributed by atoms with Gasteiger partial charge in [0.15, 0.2) is 0 Å². The molecular weight excluding hydrogens is 196 g/mol. The Bertz CT molecular complexity index is 305. The molecule has 0 aliphatic carbocycles. The second kappa shape index (κ2) is 3.96. The molecule has 1 aromatic rings. The van der Waals surface area contributed by atoms with Crippen molar-refractivity contribution in [1.29, 1.82) is 0 Å². The number of nitrogens with two attached hydrogens (primary N) is 1. The quantitative estimate of drug-likeness (QED) is 0.811. The number of rotatable bonds is 2. The van der Waals surface area contributed by atoms with Crippen molar-refractivity contribution in [2.75, 3.05) is 13.2 Å². The summed E-state index contributed by atoms with van der Waals surface area (Å²) in [5.41, 5.74) is 5.72. The molecular formula is C10H16N2OS. The molecule has 2 heterocycles. The Balaban J connectivity index is 2.19. The molecule has 0 amide bonds. The van der Waals surface area contributed by atoms with E-state index >= 15 is 0 Å². The number of hydrogen-bond acceptors (Lipinski definition) is 4. The van der Waals surface area contributed by atoms with Crippen LogP contribution in [0.15, 0.2) is 6.20 Å². The zero-order valence-electron chi connectivity index (χ0n) is 8.45. The standard InChI is InChI=1S/C10H16N2OS/c1-10(3-2-4-13-7-10)8-6-12-9(5-11)14-8/h6H,2-5,7,11H2,1H3. The average Bonchev–Trinajstić information content (AvgIpc) is 2.67. The molecule has 1 unspecified atom stereocenters. The molecule has 4 heteroatoms. The maximum Gasteiger partial charge on any atom is 0.106 e. The minimum atomic E-state index is 0.170. The number of thiazole rings is 1. The monoisotopic (exact) mass is 212 g/mol. The van der Waals surface area contributed by atoms with Crippen molar-refractivity contribution in [1.82, 2.24) is 4.98 Å². The maximum atomic E-state index is 5.55. The van der Waals surface area contributed by atoms with Gasteiger partial charge in [-0.2, -0.15) is 0 Å². The summed E-state index contributed by atoms with van der Waals surface area (Å²) >= 11 is 1.72. The predicted molar refractivity (Wildman–Crippen MR) is 57.4 cm³/mol. The second-order valence-corrected chi connectivity index (χ2v) is 5.15. The number of hydrogen-bond donors (Lipinski definition) is 1. The molecule has 1 aliphatic rings. The van der Waals surface area contributed by atoms with Crippen molar-refractivity contribution in [3.8, 4) is 0 Å². The Kier molecular flexibility index (Phi) is 2.85. The van der Waals surface area contributed by atoms with Crippen molar-refractivity contribution in [2.45, 2.75) is 31.7 Å². The third kappa shape index (κ3) is 1.82. The van der Waals surface area contributed by atoms with Crippen LogP contribution in [0.2, 0.25) is 0 Å². The first kappa shape index (κ1) is 10.1. The molecule has 1 aliphatic heterocycles. The first-order valence-electron chi connectivity index (χ1n) is 4.97. The summed E-state index contributed by atoms with van der Waals surface area (Å²) in [5.74, 6) is 0. The molecule has 0 radical (unpaired) electrons. The summed E-state index contributed by atoms with van der Waals surface area (Å²) in [7, 11) is 0. The van der Waals surface area contributed by atoms with E-state index in [0.717, 1.165) is 24.6 Å². The molecule has 78 valence electrons. The number of aromatic nitrogens is 1. The van der Waals surface area contributed by atoms with Crippen LogP contribution in [-0.4, -0.2) is 18.2 Å². The molecule has 0 aromatic carbocycles. The fraction of sp³-hybridized carbons (Fsp3) is 0.700. The van der Waals surface area contributed by atoms with Crippen molar-refractivity contribution < 1.29 is 4.74 Å². The van der Waals surface area contributed by atoms with Gasteiger partial charge in [-0.15, -0.1) is 11.3 Å². The Labute approximate surface area is 88.3 Å². The molecule has 1 saturated heterocycles. The van der Waals surface area contributed by atoms with Gasteiger partial charge >= 0.3 is 0 Å². The van der Waals surface area contributed by atoms with E-state index in [1.54, 1.807) is 11.3 Å². The van der Waals surface area contributed by atoms with Crippen LogP contribution in [0.5, 0.6) is 0 Å². The van der Waals surface area contributed by atoms with Gasteiger partial charge in [-0.3, -0.25) is 0 Å². The topological polar surface area (TPSA) is 48.1 Å². The first-order chi connectivity index (χ1) is 6.74. The molecule has 1 aromatic heterocycles. The largest absolute Gasteiger partial charge is 0.381 e. The van der Waals surface area contributed by atoms with Gasteiger partial charge in [0.25, 0.3) is 0 Å². The Morgan fingerprint density at radius 3 is 3.14 bits per heavy atom. The van der Waals surface area contributed by atoms with Gasteiger partial charge < -0.3 is 10.5 Å². The van der Waals surface area contributed by atoms with Gasteiger partial charge in [0.1, 0.15) is 5.01 Å². The van der Waals surface area contributed by atoms with Gasteiger partial charge in [-0.25, -0.2) is 4.98 Å².